The third-order valence-electron chi connectivity index (χ3n) is 1.96. The molecule has 0 saturated heterocycles. The Morgan fingerprint density at radius 1 is 1.47 bits per heavy atom. The van der Waals surface area contributed by atoms with Crippen LogP contribution in [0.25, 0.3) is 0 Å². The fourth-order valence-corrected chi connectivity index (χ4v) is 1.38. The Bertz CT molecular complexity index is 339. The third kappa shape index (κ3) is 4.51. The van der Waals surface area contributed by atoms with Gasteiger partial charge in [-0.1, -0.05) is 20.8 Å². The van der Waals surface area contributed by atoms with Gasteiger partial charge in [0, 0.05) is 6.54 Å². The van der Waals surface area contributed by atoms with Gasteiger partial charge >= 0.3 is 0 Å². The second kappa shape index (κ2) is 4.84. The zero-order chi connectivity index (χ0) is 11.5. The van der Waals surface area contributed by atoms with Crippen molar-refractivity contribution in [2.75, 3.05) is 6.54 Å². The summed E-state index contributed by atoms with van der Waals surface area (Å²) in [6, 6.07) is 3.36. The SMILES string of the molecule is CC(C)(C)CCNC(=O)c1ccc(Br)o1. The van der Waals surface area contributed by atoms with Crippen molar-refractivity contribution in [3.63, 3.8) is 0 Å². The van der Waals surface area contributed by atoms with E-state index >= 15 is 0 Å². The first-order chi connectivity index (χ1) is 6.88. The fraction of sp³-hybridized carbons (Fsp3) is 0.545. The molecule has 1 N–H and O–H groups in total. The molecule has 0 aliphatic rings. The van der Waals surface area contributed by atoms with E-state index in [1.54, 1.807) is 12.1 Å². The minimum absolute atomic E-state index is 0.162. The minimum atomic E-state index is -0.162. The van der Waals surface area contributed by atoms with Crippen LogP contribution >= 0.6 is 15.9 Å². The highest BCUT2D eigenvalue weighted by Gasteiger charge is 2.13. The Hall–Kier alpha value is -0.770. The highest BCUT2D eigenvalue weighted by Crippen LogP contribution is 2.17. The lowest BCUT2D eigenvalue weighted by Gasteiger charge is -2.17. The maximum Gasteiger partial charge on any atom is 0.287 e. The standard InChI is InChI=1S/C11H16BrNO2/c1-11(2,3)6-7-13-10(14)8-4-5-9(12)15-8/h4-5H,6-7H2,1-3H3,(H,13,14). The van der Waals surface area contributed by atoms with Crippen LogP contribution in [-0.4, -0.2) is 12.5 Å². The molecular weight excluding hydrogens is 258 g/mol. The summed E-state index contributed by atoms with van der Waals surface area (Å²) in [5.41, 5.74) is 0.233. The molecule has 0 spiro atoms. The summed E-state index contributed by atoms with van der Waals surface area (Å²) >= 11 is 3.15. The van der Waals surface area contributed by atoms with Crippen molar-refractivity contribution in [2.45, 2.75) is 27.2 Å². The zero-order valence-electron chi connectivity index (χ0n) is 9.26. The van der Waals surface area contributed by atoms with Gasteiger partial charge in [0.05, 0.1) is 0 Å². The van der Waals surface area contributed by atoms with Crippen LogP contribution in [-0.2, 0) is 0 Å². The van der Waals surface area contributed by atoms with Gasteiger partial charge < -0.3 is 9.73 Å². The van der Waals surface area contributed by atoms with E-state index < -0.39 is 0 Å². The van der Waals surface area contributed by atoms with E-state index in [0.717, 1.165) is 6.42 Å². The quantitative estimate of drug-likeness (QED) is 0.919. The molecule has 15 heavy (non-hydrogen) atoms. The fourth-order valence-electron chi connectivity index (χ4n) is 1.07. The lowest BCUT2D eigenvalue weighted by molar-refractivity contribution is 0.0920. The van der Waals surface area contributed by atoms with Crippen LogP contribution in [0, 0.1) is 5.41 Å². The summed E-state index contributed by atoms with van der Waals surface area (Å²) < 4.78 is 5.71. The van der Waals surface area contributed by atoms with E-state index in [1.807, 2.05) is 0 Å². The van der Waals surface area contributed by atoms with E-state index in [-0.39, 0.29) is 11.3 Å². The Labute approximate surface area is 98.4 Å². The molecule has 0 aromatic carbocycles. The smallest absolute Gasteiger partial charge is 0.287 e. The maximum atomic E-state index is 11.5. The minimum Gasteiger partial charge on any atom is -0.444 e. The molecule has 0 aliphatic heterocycles. The molecule has 1 amide bonds. The highest BCUT2D eigenvalue weighted by atomic mass is 79.9. The first kappa shape index (κ1) is 12.3. The largest absolute Gasteiger partial charge is 0.444 e. The monoisotopic (exact) mass is 273 g/mol. The van der Waals surface area contributed by atoms with Gasteiger partial charge in [-0.15, -0.1) is 0 Å². The van der Waals surface area contributed by atoms with Gasteiger partial charge in [-0.2, -0.15) is 0 Å². The van der Waals surface area contributed by atoms with E-state index in [0.29, 0.717) is 17.0 Å². The van der Waals surface area contributed by atoms with Gasteiger partial charge in [0.2, 0.25) is 0 Å². The van der Waals surface area contributed by atoms with Gasteiger partial charge in [-0.05, 0) is 39.9 Å². The third-order valence-corrected chi connectivity index (χ3v) is 2.38. The molecule has 1 rings (SSSR count). The number of nitrogens with one attached hydrogen (secondary N) is 1. The maximum absolute atomic E-state index is 11.5. The first-order valence-corrected chi connectivity index (χ1v) is 5.71. The molecule has 4 heteroatoms. The molecule has 1 aromatic heterocycles. The molecule has 84 valence electrons. The Kier molecular flexibility index (Phi) is 3.97. The van der Waals surface area contributed by atoms with Crippen LogP contribution < -0.4 is 5.32 Å². The summed E-state index contributed by atoms with van der Waals surface area (Å²) in [4.78, 5) is 11.5. The first-order valence-electron chi connectivity index (χ1n) is 4.92. The van der Waals surface area contributed by atoms with Crippen LogP contribution in [0.3, 0.4) is 0 Å². The Morgan fingerprint density at radius 2 is 2.13 bits per heavy atom. The Balaban J connectivity index is 2.37. The molecule has 0 fully saturated rings. The molecule has 1 heterocycles. The van der Waals surface area contributed by atoms with E-state index in [9.17, 15) is 4.79 Å². The summed E-state index contributed by atoms with van der Waals surface area (Å²) in [6.45, 7) is 7.09. The van der Waals surface area contributed by atoms with Crippen LogP contribution in [0.1, 0.15) is 37.7 Å². The average molecular weight is 274 g/mol. The highest BCUT2D eigenvalue weighted by molar-refractivity contribution is 9.10. The second-order valence-electron chi connectivity index (χ2n) is 4.67. The van der Waals surface area contributed by atoms with Crippen molar-refractivity contribution in [3.8, 4) is 0 Å². The van der Waals surface area contributed by atoms with Crippen LogP contribution in [0.4, 0.5) is 0 Å². The molecule has 1 aromatic rings. The summed E-state index contributed by atoms with van der Waals surface area (Å²) in [7, 11) is 0. The number of rotatable bonds is 3. The summed E-state index contributed by atoms with van der Waals surface area (Å²) in [6.07, 6.45) is 0.945. The molecule has 0 aliphatic carbocycles. The van der Waals surface area contributed by atoms with Crippen molar-refractivity contribution in [1.82, 2.24) is 5.32 Å². The summed E-state index contributed by atoms with van der Waals surface area (Å²) in [5.74, 6) is 0.181. The van der Waals surface area contributed by atoms with E-state index in [4.69, 9.17) is 4.42 Å². The number of furan rings is 1. The number of amides is 1. The van der Waals surface area contributed by atoms with Crippen molar-refractivity contribution in [3.05, 3.63) is 22.6 Å². The van der Waals surface area contributed by atoms with Gasteiger partial charge in [-0.25, -0.2) is 0 Å². The number of hydrogen-bond donors (Lipinski definition) is 1. The van der Waals surface area contributed by atoms with Crippen molar-refractivity contribution >= 4 is 21.8 Å². The van der Waals surface area contributed by atoms with Gasteiger partial charge in [0.1, 0.15) is 0 Å². The predicted molar refractivity (Wildman–Crippen MR) is 62.8 cm³/mol. The normalized spacial score (nSPS) is 11.5. The Morgan fingerprint density at radius 3 is 2.60 bits per heavy atom. The van der Waals surface area contributed by atoms with Crippen molar-refractivity contribution < 1.29 is 9.21 Å². The van der Waals surface area contributed by atoms with Crippen LogP contribution in [0.15, 0.2) is 21.2 Å². The van der Waals surface area contributed by atoms with E-state index in [1.165, 1.54) is 0 Å². The molecule has 0 unspecified atom stereocenters. The van der Waals surface area contributed by atoms with Gasteiger partial charge in [0.15, 0.2) is 10.4 Å². The molecule has 3 nitrogen and oxygen atoms in total. The van der Waals surface area contributed by atoms with Crippen LogP contribution in [0.5, 0.6) is 0 Å². The average Bonchev–Trinajstić information content (AvgIpc) is 2.49. The van der Waals surface area contributed by atoms with Gasteiger partial charge in [-0.3, -0.25) is 4.79 Å². The zero-order valence-corrected chi connectivity index (χ0v) is 10.8. The number of carbonyl (C=O) groups excluding carboxylic acids is 1. The van der Waals surface area contributed by atoms with Crippen molar-refractivity contribution in [1.29, 1.82) is 0 Å². The van der Waals surface area contributed by atoms with Gasteiger partial charge in [0.25, 0.3) is 5.91 Å². The number of carbonyl (C=O) groups is 1. The molecule has 0 radical (unpaired) electrons. The number of halogens is 1. The summed E-state index contributed by atoms with van der Waals surface area (Å²) in [5, 5.41) is 2.82. The van der Waals surface area contributed by atoms with Crippen LogP contribution in [0.2, 0.25) is 0 Å². The lowest BCUT2D eigenvalue weighted by Crippen LogP contribution is -2.26. The lowest BCUT2D eigenvalue weighted by atomic mass is 9.92. The van der Waals surface area contributed by atoms with Crippen molar-refractivity contribution in [2.24, 2.45) is 5.41 Å². The molecular formula is C11H16BrNO2. The number of hydrogen-bond acceptors (Lipinski definition) is 2. The molecule has 0 atom stereocenters. The topological polar surface area (TPSA) is 42.2 Å². The molecule has 0 bridgehead atoms. The second-order valence-corrected chi connectivity index (χ2v) is 5.45. The predicted octanol–water partition coefficient (Wildman–Crippen LogP) is 3.21. The molecule has 0 saturated carbocycles. The van der Waals surface area contributed by atoms with E-state index in [2.05, 4.69) is 42.0 Å².